The zero-order valence-corrected chi connectivity index (χ0v) is 9.98. The molecule has 15 heavy (non-hydrogen) atoms. The molecule has 0 saturated carbocycles. The Balaban J connectivity index is 5.26. The Hall–Kier alpha value is -1.14. The number of ether oxygens (including phenoxy) is 1. The number of aliphatic imine (C=N–C) groups is 1. The highest BCUT2D eigenvalue weighted by Crippen LogP contribution is 2.15. The minimum Gasteiger partial charge on any atom is -0.464 e. The number of methoxy groups -OCH3 is 1. The fraction of sp³-hybridized carbons (Fsp3) is 0.250. The average molecular weight is 250 g/mol. The van der Waals surface area contributed by atoms with E-state index in [1.165, 1.54) is 18.9 Å². The Morgan fingerprint density at radius 3 is 2.40 bits per heavy atom. The molecule has 0 unspecified atom stereocenters. The first kappa shape index (κ1) is 13.9. The average Bonchev–Trinajstić information content (AvgIpc) is 2.23. The zero-order valence-electron chi connectivity index (χ0n) is 8.41. The number of esters is 1. The molecule has 0 bridgehead atoms. The summed E-state index contributed by atoms with van der Waals surface area (Å²) >= 11 is 6.96. The van der Waals surface area contributed by atoms with Crippen molar-refractivity contribution < 1.29 is 9.53 Å². The van der Waals surface area contributed by atoms with Gasteiger partial charge in [0.1, 0.15) is 10.9 Å². The second kappa shape index (κ2) is 6.36. The standard InChI is InChI=1S/C8H12ClN3O2S/c1-4(15-3)12-6(8(13)14-2)5(9)7(10)11/h1,10-11H2,2-3H3/b12-6+. The molecule has 0 fully saturated rings. The van der Waals surface area contributed by atoms with Crippen molar-refractivity contribution in [3.8, 4) is 0 Å². The highest BCUT2D eigenvalue weighted by atomic mass is 35.5. The van der Waals surface area contributed by atoms with Gasteiger partial charge in [0.05, 0.1) is 12.1 Å². The lowest BCUT2D eigenvalue weighted by Gasteiger charge is -2.04. The van der Waals surface area contributed by atoms with Gasteiger partial charge in [0, 0.05) is 0 Å². The van der Waals surface area contributed by atoms with E-state index in [0.717, 1.165) is 0 Å². The number of rotatable bonds is 4. The number of nitrogens with two attached hydrogens (primary N) is 2. The van der Waals surface area contributed by atoms with Crippen LogP contribution in [0.25, 0.3) is 0 Å². The number of carbonyl (C=O) groups excluding carboxylic acids is 1. The maximum Gasteiger partial charge on any atom is 0.358 e. The molecule has 0 rings (SSSR count). The van der Waals surface area contributed by atoms with E-state index >= 15 is 0 Å². The molecule has 0 aromatic heterocycles. The lowest BCUT2D eigenvalue weighted by atomic mass is 10.3. The molecular weight excluding hydrogens is 238 g/mol. The quantitative estimate of drug-likeness (QED) is 0.567. The van der Waals surface area contributed by atoms with Crippen LogP contribution < -0.4 is 11.5 Å². The molecule has 4 N–H and O–H groups in total. The van der Waals surface area contributed by atoms with E-state index in [2.05, 4.69) is 16.3 Å². The Kier molecular flexibility index (Phi) is 5.88. The Morgan fingerprint density at radius 2 is 2.07 bits per heavy atom. The lowest BCUT2D eigenvalue weighted by molar-refractivity contribution is -0.132. The number of nitrogens with zero attached hydrogens (tertiary/aromatic N) is 1. The van der Waals surface area contributed by atoms with Gasteiger partial charge in [-0.25, -0.2) is 9.79 Å². The molecule has 0 saturated heterocycles. The minimum absolute atomic E-state index is 0.142. The van der Waals surface area contributed by atoms with Crippen molar-refractivity contribution in [1.82, 2.24) is 0 Å². The predicted molar refractivity (Wildman–Crippen MR) is 63.4 cm³/mol. The van der Waals surface area contributed by atoms with Gasteiger partial charge in [0.25, 0.3) is 0 Å². The van der Waals surface area contributed by atoms with Gasteiger partial charge < -0.3 is 16.2 Å². The fourth-order valence-electron chi connectivity index (χ4n) is 0.588. The van der Waals surface area contributed by atoms with Crippen LogP contribution in [0.4, 0.5) is 0 Å². The van der Waals surface area contributed by atoms with Crippen LogP contribution in [-0.2, 0) is 9.53 Å². The summed E-state index contributed by atoms with van der Waals surface area (Å²) in [6.45, 7) is 3.58. The summed E-state index contributed by atoms with van der Waals surface area (Å²) in [4.78, 5) is 15.1. The monoisotopic (exact) mass is 249 g/mol. The smallest absolute Gasteiger partial charge is 0.358 e. The van der Waals surface area contributed by atoms with E-state index in [1.54, 1.807) is 6.26 Å². The highest BCUT2D eigenvalue weighted by molar-refractivity contribution is 8.02. The summed E-state index contributed by atoms with van der Waals surface area (Å²) in [7, 11) is 1.20. The molecule has 7 heteroatoms. The van der Waals surface area contributed by atoms with Crippen LogP contribution in [-0.4, -0.2) is 25.0 Å². The van der Waals surface area contributed by atoms with Gasteiger partial charge >= 0.3 is 5.97 Å². The summed E-state index contributed by atoms with van der Waals surface area (Å²) in [5.41, 5.74) is 10.3. The van der Waals surface area contributed by atoms with Crippen LogP contribution in [0.15, 0.2) is 27.5 Å². The van der Waals surface area contributed by atoms with Crippen molar-refractivity contribution in [3.63, 3.8) is 0 Å². The number of thioether (sulfide) groups is 1. The van der Waals surface area contributed by atoms with Gasteiger partial charge in [-0.2, -0.15) is 0 Å². The number of carbonyl (C=O) groups is 1. The van der Waals surface area contributed by atoms with Crippen molar-refractivity contribution in [2.45, 2.75) is 0 Å². The molecule has 0 aliphatic carbocycles. The Morgan fingerprint density at radius 1 is 1.53 bits per heavy atom. The third-order valence-corrected chi connectivity index (χ3v) is 2.27. The van der Waals surface area contributed by atoms with E-state index in [9.17, 15) is 4.79 Å². The topological polar surface area (TPSA) is 90.7 Å². The molecule has 0 aliphatic heterocycles. The molecule has 0 radical (unpaired) electrons. The molecule has 0 aromatic carbocycles. The van der Waals surface area contributed by atoms with Crippen LogP contribution in [0.1, 0.15) is 0 Å². The number of halogens is 1. The van der Waals surface area contributed by atoms with E-state index in [4.69, 9.17) is 23.1 Å². The second-order valence-electron chi connectivity index (χ2n) is 2.32. The van der Waals surface area contributed by atoms with Gasteiger partial charge in [0.2, 0.25) is 0 Å². The Bertz CT molecular complexity index is 335. The molecule has 0 atom stereocenters. The molecule has 0 spiro atoms. The number of hydrogen-bond donors (Lipinski definition) is 2. The van der Waals surface area contributed by atoms with Crippen molar-refractivity contribution in [1.29, 1.82) is 0 Å². The van der Waals surface area contributed by atoms with Crippen LogP contribution in [0.3, 0.4) is 0 Å². The van der Waals surface area contributed by atoms with E-state index in [-0.39, 0.29) is 16.6 Å². The molecule has 0 aliphatic rings. The van der Waals surface area contributed by atoms with Crippen molar-refractivity contribution in [2.75, 3.05) is 13.4 Å². The molecule has 5 nitrogen and oxygen atoms in total. The van der Waals surface area contributed by atoms with Gasteiger partial charge in [-0.05, 0) is 6.26 Å². The van der Waals surface area contributed by atoms with Crippen LogP contribution >= 0.6 is 23.4 Å². The van der Waals surface area contributed by atoms with Gasteiger partial charge in [-0.1, -0.05) is 18.2 Å². The lowest BCUT2D eigenvalue weighted by Crippen LogP contribution is -2.22. The van der Waals surface area contributed by atoms with Crippen LogP contribution in [0.2, 0.25) is 0 Å². The molecule has 0 amide bonds. The normalized spacial score (nSPS) is 10.7. The second-order valence-corrected chi connectivity index (χ2v) is 3.58. The zero-order chi connectivity index (χ0) is 12.0. The maximum atomic E-state index is 11.3. The molecule has 0 aromatic rings. The van der Waals surface area contributed by atoms with Gasteiger partial charge in [-0.15, -0.1) is 11.8 Å². The Labute approximate surface area is 97.2 Å². The van der Waals surface area contributed by atoms with Crippen molar-refractivity contribution in [2.24, 2.45) is 16.5 Å². The summed E-state index contributed by atoms with van der Waals surface area (Å²) in [6, 6.07) is 0. The van der Waals surface area contributed by atoms with E-state index < -0.39 is 5.97 Å². The minimum atomic E-state index is -0.719. The van der Waals surface area contributed by atoms with E-state index in [0.29, 0.717) is 5.03 Å². The SMILES string of the molecule is C=C(/N=C(/C(=O)OC)C(Cl)=C(N)N)SC. The largest absolute Gasteiger partial charge is 0.464 e. The van der Waals surface area contributed by atoms with Crippen LogP contribution in [0, 0.1) is 0 Å². The van der Waals surface area contributed by atoms with E-state index in [1.807, 2.05) is 0 Å². The third kappa shape index (κ3) is 4.26. The summed E-state index contributed by atoms with van der Waals surface area (Å²) < 4.78 is 4.48. The third-order valence-electron chi connectivity index (χ3n) is 1.31. The maximum absolute atomic E-state index is 11.3. The summed E-state index contributed by atoms with van der Waals surface area (Å²) in [5.74, 6) is -0.918. The van der Waals surface area contributed by atoms with Crippen LogP contribution in [0.5, 0.6) is 0 Å². The van der Waals surface area contributed by atoms with Crippen molar-refractivity contribution >= 4 is 35.0 Å². The first-order valence-electron chi connectivity index (χ1n) is 3.75. The summed E-state index contributed by atoms with van der Waals surface area (Å²) in [5, 5.41) is 0.256. The fourth-order valence-corrected chi connectivity index (χ4v) is 0.890. The van der Waals surface area contributed by atoms with Gasteiger partial charge in [0.15, 0.2) is 5.71 Å². The molecular formula is C8H12ClN3O2S. The predicted octanol–water partition coefficient (Wildman–Crippen LogP) is 0.760. The molecule has 0 heterocycles. The summed E-state index contributed by atoms with van der Waals surface area (Å²) in [6.07, 6.45) is 1.75. The van der Waals surface area contributed by atoms with Gasteiger partial charge in [-0.3, -0.25) is 0 Å². The van der Waals surface area contributed by atoms with Crippen molar-refractivity contribution in [3.05, 3.63) is 22.5 Å². The first-order chi connectivity index (χ1) is 6.93. The highest BCUT2D eigenvalue weighted by Gasteiger charge is 2.18. The molecule has 84 valence electrons. The number of hydrogen-bond acceptors (Lipinski definition) is 6. The first-order valence-corrected chi connectivity index (χ1v) is 5.35.